The lowest BCUT2D eigenvalue weighted by atomic mass is 10.1. The summed E-state index contributed by atoms with van der Waals surface area (Å²) in [4.78, 5) is 15.4. The highest BCUT2D eigenvalue weighted by molar-refractivity contribution is 5.98. The maximum absolute atomic E-state index is 13.9. The number of anilines is 2. The minimum Gasteiger partial charge on any atom is -0.507 e. The predicted octanol–water partition coefficient (Wildman–Crippen LogP) is 4.45. The number of aromatic nitrogens is 2. The monoisotopic (exact) mass is 415 g/mol. The van der Waals surface area contributed by atoms with Crippen LogP contribution in [0, 0.1) is 23.3 Å². The molecule has 0 atom stereocenters. The third-order valence-electron chi connectivity index (χ3n) is 4.50. The van der Waals surface area contributed by atoms with Crippen LogP contribution in [0.4, 0.5) is 29.2 Å². The summed E-state index contributed by atoms with van der Waals surface area (Å²) in [5.41, 5.74) is -0.685. The number of phenols is 1. The van der Waals surface area contributed by atoms with Gasteiger partial charge in [-0.15, -0.1) is 0 Å². The Morgan fingerprint density at radius 3 is 2.33 bits per heavy atom. The standard InChI is InChI=1S/C21H13F4N3O2/c22-14-7-11(8-15(23)19(14)25)9-28-10-16(24)20(30)27-21(28)26-17-5-1-4-13-12(17)3-2-6-18(13)29/h1-8,10,29H,9H2,(H,26,27,30). The maximum Gasteiger partial charge on any atom is 0.310 e. The fraction of sp³-hybridized carbons (Fsp3) is 0.0476. The van der Waals surface area contributed by atoms with E-state index in [0.29, 0.717) is 16.5 Å². The summed E-state index contributed by atoms with van der Waals surface area (Å²) in [6.07, 6.45) is 0.833. The Bertz CT molecular complexity index is 1310. The number of rotatable bonds is 4. The third-order valence-corrected chi connectivity index (χ3v) is 4.50. The molecule has 9 heteroatoms. The number of benzene rings is 3. The molecule has 3 aromatic carbocycles. The predicted molar refractivity (Wildman–Crippen MR) is 103 cm³/mol. The minimum absolute atomic E-state index is 0.00476. The highest BCUT2D eigenvalue weighted by Crippen LogP contribution is 2.31. The van der Waals surface area contributed by atoms with Gasteiger partial charge in [-0.1, -0.05) is 24.3 Å². The molecule has 5 nitrogen and oxygen atoms in total. The second kappa shape index (κ2) is 7.51. The van der Waals surface area contributed by atoms with Crippen LogP contribution in [0.1, 0.15) is 5.56 Å². The first-order valence-electron chi connectivity index (χ1n) is 8.71. The van der Waals surface area contributed by atoms with Gasteiger partial charge in [-0.3, -0.25) is 4.79 Å². The van der Waals surface area contributed by atoms with Crippen LogP contribution in [0.5, 0.6) is 5.75 Å². The summed E-state index contributed by atoms with van der Waals surface area (Å²) >= 11 is 0. The molecule has 0 radical (unpaired) electrons. The van der Waals surface area contributed by atoms with Gasteiger partial charge < -0.3 is 15.0 Å². The van der Waals surface area contributed by atoms with Gasteiger partial charge in [0.25, 0.3) is 0 Å². The number of hydrogen-bond donors (Lipinski definition) is 2. The zero-order valence-electron chi connectivity index (χ0n) is 15.2. The molecule has 0 amide bonds. The molecule has 1 heterocycles. The van der Waals surface area contributed by atoms with Gasteiger partial charge in [-0.25, -0.2) is 13.2 Å². The topological polar surface area (TPSA) is 67.2 Å². The van der Waals surface area contributed by atoms with Crippen LogP contribution >= 0.6 is 0 Å². The van der Waals surface area contributed by atoms with Crippen LogP contribution in [0.15, 0.2) is 59.5 Å². The van der Waals surface area contributed by atoms with E-state index in [2.05, 4.69) is 10.3 Å². The first-order valence-corrected chi connectivity index (χ1v) is 8.71. The molecule has 0 aliphatic carbocycles. The summed E-state index contributed by atoms with van der Waals surface area (Å²) in [6.45, 7) is -0.295. The van der Waals surface area contributed by atoms with Gasteiger partial charge in [0.1, 0.15) is 5.75 Å². The molecule has 2 N–H and O–H groups in total. The Hall–Kier alpha value is -3.88. The molecule has 0 saturated heterocycles. The molecule has 0 bridgehead atoms. The molecule has 0 aliphatic rings. The van der Waals surface area contributed by atoms with E-state index in [-0.39, 0.29) is 23.8 Å². The average Bonchev–Trinajstić information content (AvgIpc) is 2.70. The Balaban J connectivity index is 1.79. The van der Waals surface area contributed by atoms with Crippen molar-refractivity contribution in [3.8, 4) is 5.75 Å². The van der Waals surface area contributed by atoms with E-state index in [4.69, 9.17) is 0 Å². The van der Waals surface area contributed by atoms with Crippen LogP contribution in [-0.2, 0) is 6.54 Å². The molecular weight excluding hydrogens is 402 g/mol. The molecule has 4 aromatic rings. The van der Waals surface area contributed by atoms with Crippen molar-refractivity contribution in [3.05, 3.63) is 93.9 Å². The molecule has 0 fully saturated rings. The van der Waals surface area contributed by atoms with Crippen LogP contribution in [-0.4, -0.2) is 14.7 Å². The van der Waals surface area contributed by atoms with E-state index in [1.54, 1.807) is 30.3 Å². The number of fused-ring (bicyclic) bond motifs is 1. The van der Waals surface area contributed by atoms with Crippen LogP contribution in [0.2, 0.25) is 0 Å². The Labute approximate surface area is 166 Å². The Morgan fingerprint density at radius 2 is 1.60 bits per heavy atom. The Kier molecular flexibility index (Phi) is 4.86. The number of hydrogen-bond acceptors (Lipinski definition) is 4. The van der Waals surface area contributed by atoms with Crippen molar-refractivity contribution in [1.29, 1.82) is 0 Å². The lowest BCUT2D eigenvalue weighted by Crippen LogP contribution is -2.20. The van der Waals surface area contributed by atoms with Crippen molar-refractivity contribution in [1.82, 2.24) is 9.55 Å². The fourth-order valence-electron chi connectivity index (χ4n) is 3.11. The minimum atomic E-state index is -1.61. The Morgan fingerprint density at radius 1 is 0.933 bits per heavy atom. The summed E-state index contributed by atoms with van der Waals surface area (Å²) in [5.74, 6) is -5.63. The van der Waals surface area contributed by atoms with Crippen molar-refractivity contribution in [2.45, 2.75) is 6.54 Å². The summed E-state index contributed by atoms with van der Waals surface area (Å²) in [5, 5.41) is 14.0. The molecule has 152 valence electrons. The number of aromatic hydroxyl groups is 1. The molecule has 30 heavy (non-hydrogen) atoms. The molecule has 0 aliphatic heterocycles. The van der Waals surface area contributed by atoms with Crippen LogP contribution in [0.25, 0.3) is 10.8 Å². The van der Waals surface area contributed by atoms with Gasteiger partial charge in [0.15, 0.2) is 17.5 Å². The van der Waals surface area contributed by atoms with Gasteiger partial charge in [-0.2, -0.15) is 9.37 Å². The number of phenolic OH excluding ortho intramolecular Hbond substituents is 1. The van der Waals surface area contributed by atoms with Crippen molar-refractivity contribution in [3.63, 3.8) is 0 Å². The van der Waals surface area contributed by atoms with E-state index < -0.39 is 28.8 Å². The van der Waals surface area contributed by atoms with E-state index in [1.165, 1.54) is 6.07 Å². The average molecular weight is 415 g/mol. The lowest BCUT2D eigenvalue weighted by molar-refractivity contribution is 0.444. The van der Waals surface area contributed by atoms with Gasteiger partial charge in [0, 0.05) is 22.7 Å². The van der Waals surface area contributed by atoms with Crippen LogP contribution < -0.4 is 10.9 Å². The summed E-state index contributed by atoms with van der Waals surface area (Å²) in [6, 6.07) is 11.4. The van der Waals surface area contributed by atoms with Crippen molar-refractivity contribution >= 4 is 22.4 Å². The second-order valence-corrected chi connectivity index (χ2v) is 6.52. The molecule has 0 spiro atoms. The zero-order chi connectivity index (χ0) is 21.4. The normalized spacial score (nSPS) is 11.1. The molecule has 0 saturated carbocycles. The lowest BCUT2D eigenvalue weighted by Gasteiger charge is -2.16. The fourth-order valence-corrected chi connectivity index (χ4v) is 3.11. The smallest absolute Gasteiger partial charge is 0.310 e. The molecule has 4 rings (SSSR count). The molecule has 0 unspecified atom stereocenters. The number of nitrogens with zero attached hydrogens (tertiary/aromatic N) is 2. The maximum atomic E-state index is 13.9. The zero-order valence-corrected chi connectivity index (χ0v) is 15.2. The first-order chi connectivity index (χ1) is 14.3. The second-order valence-electron chi connectivity index (χ2n) is 6.52. The number of nitrogens with one attached hydrogen (secondary N) is 1. The van der Waals surface area contributed by atoms with Crippen molar-refractivity contribution < 1.29 is 22.7 Å². The third kappa shape index (κ3) is 3.57. The van der Waals surface area contributed by atoms with E-state index in [0.717, 1.165) is 22.9 Å². The van der Waals surface area contributed by atoms with E-state index in [9.17, 15) is 27.5 Å². The summed E-state index contributed by atoms with van der Waals surface area (Å²) < 4.78 is 55.3. The van der Waals surface area contributed by atoms with Crippen molar-refractivity contribution in [2.24, 2.45) is 0 Å². The van der Waals surface area contributed by atoms with Gasteiger partial charge >= 0.3 is 5.56 Å². The van der Waals surface area contributed by atoms with Crippen LogP contribution in [0.3, 0.4) is 0 Å². The number of halogens is 4. The van der Waals surface area contributed by atoms with Crippen molar-refractivity contribution in [2.75, 3.05) is 5.32 Å². The quantitative estimate of drug-likeness (QED) is 0.382. The first kappa shape index (κ1) is 19.4. The summed E-state index contributed by atoms with van der Waals surface area (Å²) in [7, 11) is 0. The largest absolute Gasteiger partial charge is 0.507 e. The van der Waals surface area contributed by atoms with Gasteiger partial charge in [-0.05, 0) is 29.8 Å². The molecular formula is C21H13F4N3O2. The highest BCUT2D eigenvalue weighted by atomic mass is 19.2. The van der Waals surface area contributed by atoms with Gasteiger partial charge in [0.05, 0.1) is 6.54 Å². The molecule has 1 aromatic heterocycles. The highest BCUT2D eigenvalue weighted by Gasteiger charge is 2.14. The van der Waals surface area contributed by atoms with Gasteiger partial charge in [0.2, 0.25) is 11.8 Å². The van der Waals surface area contributed by atoms with E-state index in [1.807, 2.05) is 0 Å². The van der Waals surface area contributed by atoms with E-state index >= 15 is 0 Å². The SMILES string of the molecule is O=c1nc(Nc2cccc3c(O)cccc23)n(Cc2cc(F)c(F)c(F)c2)cc1F.